The Morgan fingerprint density at radius 1 is 1.58 bits per heavy atom. The minimum atomic E-state index is 0.171. The van der Waals surface area contributed by atoms with Crippen LogP contribution in [0.5, 0.6) is 0 Å². The van der Waals surface area contributed by atoms with Gasteiger partial charge in [0.1, 0.15) is 0 Å². The Hall–Kier alpha value is -0.900. The third-order valence-electron chi connectivity index (χ3n) is 4.13. The average molecular weight is 280 g/mol. The minimum Gasteiger partial charge on any atom is -0.353 e. The fourth-order valence-corrected chi connectivity index (χ4v) is 3.64. The van der Waals surface area contributed by atoms with Crippen molar-refractivity contribution in [2.45, 2.75) is 58.9 Å². The second kappa shape index (κ2) is 6.04. The predicted octanol–water partition coefficient (Wildman–Crippen LogP) is 3.41. The molecule has 0 radical (unpaired) electrons. The van der Waals surface area contributed by atoms with Crippen molar-refractivity contribution in [3.8, 4) is 0 Å². The minimum absolute atomic E-state index is 0.171. The molecule has 3 nitrogen and oxygen atoms in total. The monoisotopic (exact) mass is 280 g/mol. The number of nitrogens with zero attached hydrogens (tertiary/aromatic N) is 1. The molecule has 2 atom stereocenters. The zero-order chi connectivity index (χ0) is 13.9. The summed E-state index contributed by atoms with van der Waals surface area (Å²) in [6.45, 7) is 6.90. The van der Waals surface area contributed by atoms with E-state index in [0.717, 1.165) is 18.5 Å². The van der Waals surface area contributed by atoms with Crippen LogP contribution in [0.3, 0.4) is 0 Å². The maximum atomic E-state index is 12.0. The van der Waals surface area contributed by atoms with Gasteiger partial charge in [-0.2, -0.15) is 0 Å². The molecule has 106 valence electrons. The number of rotatable bonds is 4. The van der Waals surface area contributed by atoms with Gasteiger partial charge in [0.15, 0.2) is 0 Å². The van der Waals surface area contributed by atoms with Crippen molar-refractivity contribution >= 4 is 17.2 Å². The Bertz CT molecular complexity index is 414. The van der Waals surface area contributed by atoms with E-state index in [2.05, 4.69) is 31.1 Å². The summed E-state index contributed by atoms with van der Waals surface area (Å²) in [7, 11) is 0. The number of carbonyl (C=O) groups is 1. The number of carbonyl (C=O) groups excluding carboxylic acids is 1. The van der Waals surface area contributed by atoms with Crippen molar-refractivity contribution in [2.24, 2.45) is 11.3 Å². The topological polar surface area (TPSA) is 42.0 Å². The zero-order valence-electron chi connectivity index (χ0n) is 12.1. The lowest BCUT2D eigenvalue weighted by Gasteiger charge is -2.39. The predicted molar refractivity (Wildman–Crippen MR) is 79.2 cm³/mol. The van der Waals surface area contributed by atoms with Crippen LogP contribution >= 0.6 is 11.3 Å². The zero-order valence-corrected chi connectivity index (χ0v) is 12.9. The molecule has 1 N–H and O–H groups in total. The van der Waals surface area contributed by atoms with Crippen molar-refractivity contribution < 1.29 is 4.79 Å². The molecule has 0 saturated heterocycles. The van der Waals surface area contributed by atoms with Crippen LogP contribution in [-0.2, 0) is 11.2 Å². The smallest absolute Gasteiger partial charge is 0.220 e. The Morgan fingerprint density at radius 3 is 3.00 bits per heavy atom. The molecule has 1 saturated carbocycles. The van der Waals surface area contributed by atoms with Crippen molar-refractivity contribution in [2.75, 3.05) is 0 Å². The standard InChI is InChI=1S/C15H24N2OS/c1-11-8-15(2,3)7-6-13(11)17-14(18)5-4-12-9-19-10-16-12/h9-11,13H,4-8H2,1-3H3,(H,17,18). The molecule has 4 heteroatoms. The molecule has 2 unspecified atom stereocenters. The van der Waals surface area contributed by atoms with E-state index in [-0.39, 0.29) is 5.91 Å². The summed E-state index contributed by atoms with van der Waals surface area (Å²) in [6.07, 6.45) is 4.81. The number of thiazole rings is 1. The van der Waals surface area contributed by atoms with Crippen LogP contribution in [0.15, 0.2) is 10.9 Å². The molecule has 0 spiro atoms. The molecule has 2 rings (SSSR count). The maximum absolute atomic E-state index is 12.0. The number of hydrogen-bond acceptors (Lipinski definition) is 3. The molecule has 1 aromatic rings. The van der Waals surface area contributed by atoms with E-state index in [1.807, 2.05) is 10.9 Å². The fraction of sp³-hybridized carbons (Fsp3) is 0.733. The Balaban J connectivity index is 1.76. The van der Waals surface area contributed by atoms with E-state index < -0.39 is 0 Å². The molecule has 1 aliphatic rings. The number of nitrogens with one attached hydrogen (secondary N) is 1. The quantitative estimate of drug-likeness (QED) is 0.918. The fourth-order valence-electron chi connectivity index (χ4n) is 3.04. The highest BCUT2D eigenvalue weighted by Crippen LogP contribution is 2.38. The van der Waals surface area contributed by atoms with Gasteiger partial charge < -0.3 is 5.32 Å². The molecule has 19 heavy (non-hydrogen) atoms. The Morgan fingerprint density at radius 2 is 2.37 bits per heavy atom. The van der Waals surface area contributed by atoms with Gasteiger partial charge in [0, 0.05) is 17.8 Å². The van der Waals surface area contributed by atoms with Crippen molar-refractivity contribution in [3.05, 3.63) is 16.6 Å². The highest BCUT2D eigenvalue weighted by molar-refractivity contribution is 7.07. The van der Waals surface area contributed by atoms with E-state index in [4.69, 9.17) is 0 Å². The van der Waals surface area contributed by atoms with E-state index >= 15 is 0 Å². The molecular formula is C15H24N2OS. The summed E-state index contributed by atoms with van der Waals surface area (Å²) >= 11 is 1.58. The SMILES string of the molecule is CC1CC(C)(C)CCC1NC(=O)CCc1cscn1. The summed E-state index contributed by atoms with van der Waals surface area (Å²) in [5.74, 6) is 0.747. The van der Waals surface area contributed by atoms with E-state index in [1.54, 1.807) is 11.3 Å². The van der Waals surface area contributed by atoms with Crippen LogP contribution < -0.4 is 5.32 Å². The number of hydrogen-bond donors (Lipinski definition) is 1. The van der Waals surface area contributed by atoms with Crippen molar-refractivity contribution in [1.82, 2.24) is 10.3 Å². The van der Waals surface area contributed by atoms with Gasteiger partial charge in [0.05, 0.1) is 11.2 Å². The summed E-state index contributed by atoms with van der Waals surface area (Å²) in [4.78, 5) is 16.2. The second-order valence-electron chi connectivity index (χ2n) is 6.54. The molecule has 1 amide bonds. The first-order valence-corrected chi connectivity index (χ1v) is 8.07. The highest BCUT2D eigenvalue weighted by Gasteiger charge is 2.32. The van der Waals surface area contributed by atoms with Gasteiger partial charge in [-0.05, 0) is 37.0 Å². The third kappa shape index (κ3) is 4.30. The third-order valence-corrected chi connectivity index (χ3v) is 4.77. The van der Waals surface area contributed by atoms with Crippen LogP contribution in [0.2, 0.25) is 0 Å². The maximum Gasteiger partial charge on any atom is 0.220 e. The van der Waals surface area contributed by atoms with Gasteiger partial charge in [-0.15, -0.1) is 11.3 Å². The summed E-state index contributed by atoms with van der Waals surface area (Å²) in [5, 5.41) is 5.22. The first-order chi connectivity index (χ1) is 8.96. The van der Waals surface area contributed by atoms with Crippen LogP contribution in [-0.4, -0.2) is 16.9 Å². The van der Waals surface area contributed by atoms with Gasteiger partial charge in [-0.1, -0.05) is 20.8 Å². The summed E-state index contributed by atoms with van der Waals surface area (Å²) in [6, 6.07) is 0.357. The van der Waals surface area contributed by atoms with Crippen LogP contribution in [0, 0.1) is 11.3 Å². The molecule has 1 fully saturated rings. The number of aromatic nitrogens is 1. The van der Waals surface area contributed by atoms with Gasteiger partial charge in [0.2, 0.25) is 5.91 Å². The number of amides is 1. The van der Waals surface area contributed by atoms with E-state index in [0.29, 0.717) is 23.8 Å². The first-order valence-electron chi connectivity index (χ1n) is 7.13. The Kier molecular flexibility index (Phi) is 4.61. The normalized spacial score (nSPS) is 26.1. The largest absolute Gasteiger partial charge is 0.353 e. The van der Waals surface area contributed by atoms with Gasteiger partial charge in [-0.3, -0.25) is 4.79 Å². The molecular weight excluding hydrogens is 256 g/mol. The summed E-state index contributed by atoms with van der Waals surface area (Å²) in [5.41, 5.74) is 3.28. The van der Waals surface area contributed by atoms with E-state index in [9.17, 15) is 4.79 Å². The number of aryl methyl sites for hydroxylation is 1. The molecule has 0 bridgehead atoms. The lowest BCUT2D eigenvalue weighted by Crippen LogP contribution is -2.44. The van der Waals surface area contributed by atoms with Crippen molar-refractivity contribution in [3.63, 3.8) is 0 Å². The van der Waals surface area contributed by atoms with E-state index in [1.165, 1.54) is 12.8 Å². The molecule has 1 aromatic heterocycles. The first kappa shape index (κ1) is 14.5. The van der Waals surface area contributed by atoms with Crippen LogP contribution in [0.4, 0.5) is 0 Å². The molecule has 1 heterocycles. The lowest BCUT2D eigenvalue weighted by molar-refractivity contribution is -0.122. The molecule has 1 aliphatic carbocycles. The van der Waals surface area contributed by atoms with Gasteiger partial charge in [0.25, 0.3) is 0 Å². The summed E-state index contributed by atoms with van der Waals surface area (Å²) < 4.78 is 0. The molecule has 0 aromatic carbocycles. The van der Waals surface area contributed by atoms with Gasteiger partial charge in [-0.25, -0.2) is 4.98 Å². The molecule has 0 aliphatic heterocycles. The highest BCUT2D eigenvalue weighted by atomic mass is 32.1. The Labute approximate surface area is 119 Å². The average Bonchev–Trinajstić information content (AvgIpc) is 2.83. The van der Waals surface area contributed by atoms with Gasteiger partial charge >= 0.3 is 0 Å². The van der Waals surface area contributed by atoms with Crippen LogP contribution in [0.1, 0.15) is 52.1 Å². The second-order valence-corrected chi connectivity index (χ2v) is 7.26. The van der Waals surface area contributed by atoms with Crippen molar-refractivity contribution in [1.29, 1.82) is 0 Å². The van der Waals surface area contributed by atoms with Crippen LogP contribution in [0.25, 0.3) is 0 Å². The lowest BCUT2D eigenvalue weighted by atomic mass is 9.70.